The quantitative estimate of drug-likeness (QED) is 0.305. The van der Waals surface area contributed by atoms with Crippen molar-refractivity contribution in [1.29, 1.82) is 5.41 Å². The Morgan fingerprint density at radius 2 is 1.74 bits per heavy atom. The first-order valence-electron chi connectivity index (χ1n) is 11.7. The molecule has 34 heavy (non-hydrogen) atoms. The maximum Gasteiger partial charge on any atom is 0.353 e. The van der Waals surface area contributed by atoms with Gasteiger partial charge >= 0.3 is 5.97 Å². The number of esters is 1. The smallest absolute Gasteiger partial charge is 0.353 e. The van der Waals surface area contributed by atoms with E-state index < -0.39 is 17.8 Å². The van der Waals surface area contributed by atoms with Crippen LogP contribution in [-0.4, -0.2) is 22.6 Å². The molecule has 1 heterocycles. The number of nitrogens with zero attached hydrogens (tertiary/aromatic N) is 1. The number of nitrogens with one attached hydrogen (secondary N) is 2. The zero-order valence-electron chi connectivity index (χ0n) is 19.3. The molecular formula is C27H29N3O3S. The fourth-order valence-corrected chi connectivity index (χ4v) is 5.45. The highest BCUT2D eigenvalue weighted by Crippen LogP contribution is 2.46. The molecule has 1 aliphatic carbocycles. The second kappa shape index (κ2) is 10.7. The van der Waals surface area contributed by atoms with Crippen LogP contribution >= 0.6 is 11.3 Å². The molecule has 1 atom stereocenters. The molecule has 0 bridgehead atoms. The Morgan fingerprint density at radius 1 is 1.09 bits per heavy atom. The number of benzene rings is 2. The van der Waals surface area contributed by atoms with Crippen molar-refractivity contribution in [1.82, 2.24) is 4.98 Å². The molecule has 2 aromatic carbocycles. The van der Waals surface area contributed by atoms with Gasteiger partial charge in [0.25, 0.3) is 0 Å². The van der Waals surface area contributed by atoms with Crippen LogP contribution in [0.2, 0.25) is 0 Å². The van der Waals surface area contributed by atoms with Crippen LogP contribution in [0.3, 0.4) is 0 Å². The maximum atomic E-state index is 13.0. The molecule has 176 valence electrons. The molecule has 1 aromatic heterocycles. The van der Waals surface area contributed by atoms with Crippen LogP contribution in [0.25, 0.3) is 0 Å². The lowest BCUT2D eigenvalue weighted by Crippen LogP contribution is -2.34. The molecule has 7 heteroatoms. The van der Waals surface area contributed by atoms with Gasteiger partial charge in [0.05, 0.1) is 11.6 Å². The monoisotopic (exact) mass is 475 g/mol. The summed E-state index contributed by atoms with van der Waals surface area (Å²) in [6, 6.07) is 19.7. The van der Waals surface area contributed by atoms with Crippen molar-refractivity contribution in [2.75, 3.05) is 5.32 Å². The minimum Gasteiger partial charge on any atom is -0.456 e. The van der Waals surface area contributed by atoms with Crippen molar-refractivity contribution in [3.63, 3.8) is 0 Å². The predicted octanol–water partition coefficient (Wildman–Crippen LogP) is 5.73. The van der Waals surface area contributed by atoms with Crippen LogP contribution < -0.4 is 5.32 Å². The standard InChI is InChI=1S/C27H29N3O3S/c1-2-21(23(28)25(32)33-17-19-11-5-3-6-12-19)24(31)30-26-29-22(18-34-26)27(15-9-10-16-27)20-13-7-4-8-14-20/h3-8,11-14,18,21,28H,2,9-10,15-17H2,1H3,(H,29,30,31). The third-order valence-electron chi connectivity index (χ3n) is 6.51. The van der Waals surface area contributed by atoms with E-state index in [1.165, 1.54) is 16.9 Å². The van der Waals surface area contributed by atoms with Gasteiger partial charge in [-0.2, -0.15) is 0 Å². The van der Waals surface area contributed by atoms with Crippen molar-refractivity contribution in [3.05, 3.63) is 82.9 Å². The average molecular weight is 476 g/mol. The van der Waals surface area contributed by atoms with E-state index in [-0.39, 0.29) is 17.7 Å². The molecule has 1 amide bonds. The highest BCUT2D eigenvalue weighted by Gasteiger charge is 2.39. The van der Waals surface area contributed by atoms with E-state index in [4.69, 9.17) is 15.1 Å². The van der Waals surface area contributed by atoms with Crippen LogP contribution in [-0.2, 0) is 26.3 Å². The van der Waals surface area contributed by atoms with Gasteiger partial charge in [0, 0.05) is 10.8 Å². The minimum atomic E-state index is -0.898. The number of anilines is 1. The molecule has 2 N–H and O–H groups in total. The zero-order chi connectivity index (χ0) is 24.0. The van der Waals surface area contributed by atoms with E-state index in [1.807, 2.05) is 41.8 Å². The molecular weight excluding hydrogens is 446 g/mol. The van der Waals surface area contributed by atoms with Crippen molar-refractivity contribution in [3.8, 4) is 0 Å². The zero-order valence-corrected chi connectivity index (χ0v) is 20.1. The second-order valence-electron chi connectivity index (χ2n) is 8.62. The van der Waals surface area contributed by atoms with E-state index in [9.17, 15) is 9.59 Å². The Hall–Kier alpha value is -3.32. The van der Waals surface area contributed by atoms with Crippen molar-refractivity contribution >= 4 is 34.1 Å². The largest absolute Gasteiger partial charge is 0.456 e. The number of carbonyl (C=O) groups excluding carboxylic acids is 2. The molecule has 0 radical (unpaired) electrons. The fraction of sp³-hybridized carbons (Fsp3) is 0.333. The summed E-state index contributed by atoms with van der Waals surface area (Å²) >= 11 is 1.38. The first-order chi connectivity index (χ1) is 16.5. The first kappa shape index (κ1) is 23.8. The number of thiazole rings is 1. The van der Waals surface area contributed by atoms with Crippen LogP contribution in [0, 0.1) is 11.3 Å². The van der Waals surface area contributed by atoms with E-state index >= 15 is 0 Å². The van der Waals surface area contributed by atoms with E-state index in [1.54, 1.807) is 6.92 Å². The van der Waals surface area contributed by atoms with E-state index in [2.05, 4.69) is 29.6 Å². The SMILES string of the molecule is CCC(C(=N)C(=O)OCc1ccccc1)C(=O)Nc1nc(C2(c3ccccc3)CCCC2)cs1. The number of amides is 1. The lowest BCUT2D eigenvalue weighted by Gasteiger charge is -2.27. The summed E-state index contributed by atoms with van der Waals surface area (Å²) in [5.41, 5.74) is 2.59. The number of hydrogen-bond donors (Lipinski definition) is 2. The predicted molar refractivity (Wildman–Crippen MR) is 134 cm³/mol. The number of hydrogen-bond acceptors (Lipinski definition) is 6. The molecule has 1 unspecified atom stereocenters. The van der Waals surface area contributed by atoms with Crippen LogP contribution in [0.1, 0.15) is 55.8 Å². The van der Waals surface area contributed by atoms with Gasteiger partial charge in [-0.3, -0.25) is 10.2 Å². The molecule has 0 saturated heterocycles. The summed E-state index contributed by atoms with van der Waals surface area (Å²) in [6.45, 7) is 1.84. The molecule has 1 aliphatic rings. The Bertz CT molecular complexity index is 1140. The maximum absolute atomic E-state index is 13.0. The number of aromatic nitrogens is 1. The minimum absolute atomic E-state index is 0.0670. The lowest BCUT2D eigenvalue weighted by atomic mass is 9.76. The second-order valence-corrected chi connectivity index (χ2v) is 9.48. The van der Waals surface area contributed by atoms with Gasteiger partial charge in [0.2, 0.25) is 5.91 Å². The highest BCUT2D eigenvalue weighted by atomic mass is 32.1. The normalized spacial score (nSPS) is 15.4. The molecule has 0 spiro atoms. The van der Waals surface area contributed by atoms with Crippen LogP contribution in [0.15, 0.2) is 66.0 Å². The third kappa shape index (κ3) is 5.09. The van der Waals surface area contributed by atoms with E-state index in [0.717, 1.165) is 36.9 Å². The van der Waals surface area contributed by atoms with Crippen molar-refractivity contribution < 1.29 is 14.3 Å². The molecule has 6 nitrogen and oxygen atoms in total. The van der Waals surface area contributed by atoms with Gasteiger partial charge < -0.3 is 10.1 Å². The Balaban J connectivity index is 1.42. The van der Waals surface area contributed by atoms with Gasteiger partial charge in [0.1, 0.15) is 12.3 Å². The lowest BCUT2D eigenvalue weighted by molar-refractivity contribution is -0.137. The van der Waals surface area contributed by atoms with Gasteiger partial charge in [-0.15, -0.1) is 11.3 Å². The Morgan fingerprint density at radius 3 is 2.38 bits per heavy atom. The molecule has 4 rings (SSSR count). The Labute approximate surface area is 203 Å². The highest BCUT2D eigenvalue weighted by molar-refractivity contribution is 7.14. The summed E-state index contributed by atoms with van der Waals surface area (Å²) in [7, 11) is 0. The summed E-state index contributed by atoms with van der Waals surface area (Å²) in [5.74, 6) is -2.09. The number of rotatable bonds is 9. The topological polar surface area (TPSA) is 92.1 Å². The van der Waals surface area contributed by atoms with Gasteiger partial charge in [-0.1, -0.05) is 80.4 Å². The summed E-state index contributed by atoms with van der Waals surface area (Å²) in [6.07, 6.45) is 4.67. The van der Waals surface area contributed by atoms with Gasteiger partial charge in [0.15, 0.2) is 5.13 Å². The summed E-state index contributed by atoms with van der Waals surface area (Å²) < 4.78 is 5.25. The Kier molecular flexibility index (Phi) is 7.53. The number of carbonyl (C=O) groups is 2. The molecule has 0 aliphatic heterocycles. The molecule has 3 aromatic rings. The van der Waals surface area contributed by atoms with Crippen LogP contribution in [0.4, 0.5) is 5.13 Å². The summed E-state index contributed by atoms with van der Waals surface area (Å²) in [4.78, 5) is 30.1. The summed E-state index contributed by atoms with van der Waals surface area (Å²) in [5, 5.41) is 13.6. The molecule has 1 saturated carbocycles. The molecule has 1 fully saturated rings. The van der Waals surface area contributed by atoms with Crippen LogP contribution in [0.5, 0.6) is 0 Å². The van der Waals surface area contributed by atoms with Gasteiger partial charge in [-0.05, 0) is 30.4 Å². The van der Waals surface area contributed by atoms with Gasteiger partial charge in [-0.25, -0.2) is 9.78 Å². The fourth-order valence-electron chi connectivity index (χ4n) is 4.64. The van der Waals surface area contributed by atoms with Crippen molar-refractivity contribution in [2.45, 2.75) is 51.0 Å². The van der Waals surface area contributed by atoms with E-state index in [0.29, 0.717) is 11.6 Å². The third-order valence-corrected chi connectivity index (χ3v) is 7.27. The van der Waals surface area contributed by atoms with Crippen molar-refractivity contribution in [2.24, 2.45) is 5.92 Å². The number of ether oxygens (including phenoxy) is 1. The average Bonchev–Trinajstić information content (AvgIpc) is 3.55. The first-order valence-corrected chi connectivity index (χ1v) is 12.5.